The molecule has 0 bridgehead atoms. The molecule has 0 unspecified atom stereocenters. The third kappa shape index (κ3) is 3.93. The Hall–Kier alpha value is -2.14. The number of aromatic nitrogens is 2. The first-order valence-corrected chi connectivity index (χ1v) is 6.76. The fourth-order valence-electron chi connectivity index (χ4n) is 1.97. The van der Waals surface area contributed by atoms with Gasteiger partial charge < -0.3 is 15.2 Å². The van der Waals surface area contributed by atoms with Gasteiger partial charge in [0.2, 0.25) is 5.91 Å². The van der Waals surface area contributed by atoms with E-state index in [2.05, 4.69) is 15.6 Å². The molecular weight excluding hydrogens is 252 g/mol. The van der Waals surface area contributed by atoms with E-state index >= 15 is 0 Å². The molecule has 0 radical (unpaired) electrons. The van der Waals surface area contributed by atoms with E-state index in [1.807, 2.05) is 48.9 Å². The van der Waals surface area contributed by atoms with Crippen LogP contribution in [-0.2, 0) is 17.9 Å². The Morgan fingerprint density at radius 2 is 2.25 bits per heavy atom. The van der Waals surface area contributed by atoms with Crippen LogP contribution in [0.1, 0.15) is 18.3 Å². The summed E-state index contributed by atoms with van der Waals surface area (Å²) in [6, 6.07) is 7.77. The molecule has 0 saturated heterocycles. The zero-order chi connectivity index (χ0) is 14.4. The van der Waals surface area contributed by atoms with Crippen LogP contribution in [0.25, 0.3) is 0 Å². The SMILES string of the molecule is CCNCc1nccn1CC(=O)Nc1cccc(C)c1. The number of imidazole rings is 1. The molecule has 20 heavy (non-hydrogen) atoms. The van der Waals surface area contributed by atoms with E-state index in [4.69, 9.17) is 0 Å². The lowest BCUT2D eigenvalue weighted by molar-refractivity contribution is -0.116. The van der Waals surface area contributed by atoms with Gasteiger partial charge in [0.1, 0.15) is 12.4 Å². The van der Waals surface area contributed by atoms with Gasteiger partial charge >= 0.3 is 0 Å². The number of amides is 1. The Bertz CT molecular complexity index is 577. The average Bonchev–Trinajstić information content (AvgIpc) is 2.83. The monoisotopic (exact) mass is 272 g/mol. The molecule has 106 valence electrons. The quantitative estimate of drug-likeness (QED) is 0.845. The molecule has 0 aliphatic heterocycles. The summed E-state index contributed by atoms with van der Waals surface area (Å²) in [6.45, 7) is 5.86. The largest absolute Gasteiger partial charge is 0.325 e. The molecule has 0 aliphatic rings. The summed E-state index contributed by atoms with van der Waals surface area (Å²) in [5, 5.41) is 6.10. The highest BCUT2D eigenvalue weighted by Crippen LogP contribution is 2.09. The van der Waals surface area contributed by atoms with Gasteiger partial charge in [0.05, 0.1) is 6.54 Å². The van der Waals surface area contributed by atoms with Crippen molar-refractivity contribution in [2.45, 2.75) is 26.9 Å². The highest BCUT2D eigenvalue weighted by Gasteiger charge is 2.07. The Labute approximate surface area is 119 Å². The van der Waals surface area contributed by atoms with Gasteiger partial charge in [-0.2, -0.15) is 0 Å². The molecule has 2 N–H and O–H groups in total. The van der Waals surface area contributed by atoms with Crippen LogP contribution in [0.2, 0.25) is 0 Å². The molecule has 2 rings (SSSR count). The van der Waals surface area contributed by atoms with E-state index in [1.54, 1.807) is 6.20 Å². The number of aryl methyl sites for hydroxylation is 1. The van der Waals surface area contributed by atoms with Crippen molar-refractivity contribution in [3.05, 3.63) is 48.0 Å². The molecule has 1 aromatic carbocycles. The lowest BCUT2D eigenvalue weighted by Gasteiger charge is -2.09. The smallest absolute Gasteiger partial charge is 0.244 e. The Morgan fingerprint density at radius 3 is 3.00 bits per heavy atom. The third-order valence-electron chi connectivity index (χ3n) is 2.95. The number of carbonyl (C=O) groups excluding carboxylic acids is 1. The maximum absolute atomic E-state index is 12.0. The minimum Gasteiger partial charge on any atom is -0.325 e. The second-order valence-corrected chi connectivity index (χ2v) is 4.67. The van der Waals surface area contributed by atoms with Crippen LogP contribution in [0.4, 0.5) is 5.69 Å². The van der Waals surface area contributed by atoms with Gasteiger partial charge in [-0.1, -0.05) is 19.1 Å². The van der Waals surface area contributed by atoms with Crippen molar-refractivity contribution >= 4 is 11.6 Å². The summed E-state index contributed by atoms with van der Waals surface area (Å²) in [4.78, 5) is 16.3. The van der Waals surface area contributed by atoms with Crippen LogP contribution in [0, 0.1) is 6.92 Å². The molecular formula is C15H20N4O. The summed E-state index contributed by atoms with van der Waals surface area (Å²) < 4.78 is 1.85. The molecule has 0 fully saturated rings. The van der Waals surface area contributed by atoms with Crippen molar-refractivity contribution in [3.63, 3.8) is 0 Å². The van der Waals surface area contributed by atoms with Crippen molar-refractivity contribution in [3.8, 4) is 0 Å². The number of hydrogen-bond acceptors (Lipinski definition) is 3. The molecule has 1 heterocycles. The van der Waals surface area contributed by atoms with Gasteiger partial charge in [-0.05, 0) is 31.2 Å². The molecule has 2 aromatic rings. The zero-order valence-electron chi connectivity index (χ0n) is 11.9. The van der Waals surface area contributed by atoms with Crippen molar-refractivity contribution < 1.29 is 4.79 Å². The Morgan fingerprint density at radius 1 is 1.40 bits per heavy atom. The minimum absolute atomic E-state index is 0.0497. The summed E-state index contributed by atoms with van der Waals surface area (Å²) in [7, 11) is 0. The lowest BCUT2D eigenvalue weighted by atomic mass is 10.2. The maximum atomic E-state index is 12.0. The first kappa shape index (κ1) is 14.3. The van der Waals surface area contributed by atoms with Gasteiger partial charge in [0.15, 0.2) is 0 Å². The second kappa shape index (κ2) is 6.86. The number of rotatable bonds is 6. The van der Waals surface area contributed by atoms with Gasteiger partial charge in [0.25, 0.3) is 0 Å². The number of carbonyl (C=O) groups is 1. The Balaban J connectivity index is 1.96. The number of nitrogens with zero attached hydrogens (tertiary/aromatic N) is 2. The topological polar surface area (TPSA) is 59.0 Å². The average molecular weight is 272 g/mol. The molecule has 1 amide bonds. The number of nitrogens with one attached hydrogen (secondary N) is 2. The van der Waals surface area contributed by atoms with E-state index in [9.17, 15) is 4.79 Å². The molecule has 5 heteroatoms. The van der Waals surface area contributed by atoms with Gasteiger partial charge in [-0.25, -0.2) is 4.98 Å². The van der Waals surface area contributed by atoms with Crippen LogP contribution in [0.3, 0.4) is 0 Å². The Kier molecular flexibility index (Phi) is 4.90. The first-order chi connectivity index (χ1) is 9.69. The van der Waals surface area contributed by atoms with Crippen LogP contribution in [0.5, 0.6) is 0 Å². The molecule has 1 aromatic heterocycles. The second-order valence-electron chi connectivity index (χ2n) is 4.67. The van der Waals surface area contributed by atoms with Gasteiger partial charge in [-0.3, -0.25) is 4.79 Å². The van der Waals surface area contributed by atoms with Crippen LogP contribution in [-0.4, -0.2) is 22.0 Å². The summed E-state index contributed by atoms with van der Waals surface area (Å²) in [5.41, 5.74) is 1.95. The number of hydrogen-bond donors (Lipinski definition) is 2. The zero-order valence-corrected chi connectivity index (χ0v) is 11.9. The van der Waals surface area contributed by atoms with Crippen molar-refractivity contribution in [1.29, 1.82) is 0 Å². The van der Waals surface area contributed by atoms with E-state index in [1.165, 1.54) is 0 Å². The van der Waals surface area contributed by atoms with Gasteiger partial charge in [0, 0.05) is 18.1 Å². The molecule has 0 atom stereocenters. The van der Waals surface area contributed by atoms with Gasteiger partial charge in [-0.15, -0.1) is 0 Å². The lowest BCUT2D eigenvalue weighted by Crippen LogP contribution is -2.22. The predicted octanol–water partition coefficient (Wildman–Crippen LogP) is 1.94. The highest BCUT2D eigenvalue weighted by molar-refractivity contribution is 5.90. The first-order valence-electron chi connectivity index (χ1n) is 6.76. The number of benzene rings is 1. The van der Waals surface area contributed by atoms with Crippen LogP contribution >= 0.6 is 0 Å². The van der Waals surface area contributed by atoms with Crippen LogP contribution < -0.4 is 10.6 Å². The van der Waals surface area contributed by atoms with Crippen molar-refractivity contribution in [2.24, 2.45) is 0 Å². The van der Waals surface area contributed by atoms with E-state index < -0.39 is 0 Å². The standard InChI is InChI=1S/C15H20N4O/c1-3-16-10-14-17-7-8-19(14)11-15(20)18-13-6-4-5-12(2)9-13/h4-9,16H,3,10-11H2,1-2H3,(H,18,20). The summed E-state index contributed by atoms with van der Waals surface area (Å²) in [6.07, 6.45) is 3.54. The third-order valence-corrected chi connectivity index (χ3v) is 2.95. The van der Waals surface area contributed by atoms with E-state index in [0.717, 1.165) is 23.6 Å². The summed E-state index contributed by atoms with van der Waals surface area (Å²) >= 11 is 0. The molecule has 5 nitrogen and oxygen atoms in total. The van der Waals surface area contributed by atoms with Crippen molar-refractivity contribution in [1.82, 2.24) is 14.9 Å². The molecule has 0 saturated carbocycles. The molecule has 0 aliphatic carbocycles. The van der Waals surface area contributed by atoms with E-state index in [-0.39, 0.29) is 12.5 Å². The van der Waals surface area contributed by atoms with Crippen molar-refractivity contribution in [2.75, 3.05) is 11.9 Å². The minimum atomic E-state index is -0.0497. The number of anilines is 1. The maximum Gasteiger partial charge on any atom is 0.244 e. The predicted molar refractivity (Wildman–Crippen MR) is 79.4 cm³/mol. The van der Waals surface area contributed by atoms with Crippen LogP contribution in [0.15, 0.2) is 36.7 Å². The fraction of sp³-hybridized carbons (Fsp3) is 0.333. The summed E-state index contributed by atoms with van der Waals surface area (Å²) in [5.74, 6) is 0.817. The fourth-order valence-corrected chi connectivity index (χ4v) is 1.97. The normalized spacial score (nSPS) is 10.5. The van der Waals surface area contributed by atoms with E-state index in [0.29, 0.717) is 6.54 Å². The molecule has 0 spiro atoms. The highest BCUT2D eigenvalue weighted by atomic mass is 16.1.